The lowest BCUT2D eigenvalue weighted by Gasteiger charge is -2.07. The summed E-state index contributed by atoms with van der Waals surface area (Å²) in [6.07, 6.45) is 3.27. The Hall–Kier alpha value is -3.26. The van der Waals surface area contributed by atoms with E-state index < -0.39 is 15.7 Å². The maximum atomic E-state index is 13.7. The zero-order chi connectivity index (χ0) is 20.1. The number of nitrogens with two attached hydrogens (primary N) is 1. The molecule has 0 aliphatic heterocycles. The van der Waals surface area contributed by atoms with E-state index in [2.05, 4.69) is 15.3 Å². The second-order valence-electron chi connectivity index (χ2n) is 6.12. The lowest BCUT2D eigenvalue weighted by atomic mass is 10.2. The van der Waals surface area contributed by atoms with Gasteiger partial charge in [0.2, 0.25) is 9.84 Å². The minimum atomic E-state index is -3.79. The third kappa shape index (κ3) is 4.52. The van der Waals surface area contributed by atoms with Crippen molar-refractivity contribution in [2.45, 2.75) is 23.3 Å². The van der Waals surface area contributed by atoms with Crippen LogP contribution in [0.25, 0.3) is 0 Å². The van der Waals surface area contributed by atoms with E-state index in [4.69, 9.17) is 5.73 Å². The Kier molecular flexibility index (Phi) is 5.70. The molecule has 0 unspecified atom stereocenters. The highest BCUT2D eigenvalue weighted by Gasteiger charge is 2.18. The molecule has 6 nitrogen and oxygen atoms in total. The van der Waals surface area contributed by atoms with Gasteiger partial charge in [-0.1, -0.05) is 18.2 Å². The van der Waals surface area contributed by atoms with Crippen LogP contribution in [0.5, 0.6) is 0 Å². The molecule has 0 amide bonds. The number of aliphatic imine (C=N–C) groups is 1. The van der Waals surface area contributed by atoms with Crippen molar-refractivity contribution in [3.63, 3.8) is 0 Å². The van der Waals surface area contributed by atoms with Crippen LogP contribution in [0, 0.1) is 12.7 Å². The number of hydrogen-bond acceptors (Lipinski definition) is 4. The molecule has 0 fully saturated rings. The van der Waals surface area contributed by atoms with Gasteiger partial charge in [-0.05, 0) is 54.4 Å². The molecule has 0 saturated carbocycles. The van der Waals surface area contributed by atoms with Gasteiger partial charge < -0.3 is 11.1 Å². The Bertz CT molecular complexity index is 1100. The summed E-state index contributed by atoms with van der Waals surface area (Å²) in [4.78, 5) is 8.15. The molecule has 28 heavy (non-hydrogen) atoms. The SMILES string of the molecule is Cc1ccc(S(=O)(=O)c2ccc(CN=C(N)Nc3ccncc3)cc2)cc1F. The second-order valence-corrected chi connectivity index (χ2v) is 8.07. The second kappa shape index (κ2) is 8.18. The van der Waals surface area contributed by atoms with Crippen molar-refractivity contribution >= 4 is 21.5 Å². The maximum absolute atomic E-state index is 13.7. The van der Waals surface area contributed by atoms with Crippen LogP contribution in [0.15, 0.2) is 81.8 Å². The van der Waals surface area contributed by atoms with Crippen molar-refractivity contribution < 1.29 is 12.8 Å². The van der Waals surface area contributed by atoms with Gasteiger partial charge in [0.15, 0.2) is 5.96 Å². The predicted octanol–water partition coefficient (Wildman–Crippen LogP) is 3.29. The third-order valence-corrected chi connectivity index (χ3v) is 5.84. The van der Waals surface area contributed by atoms with Crippen LogP contribution < -0.4 is 11.1 Å². The molecule has 3 N–H and O–H groups in total. The minimum absolute atomic E-state index is 0.0767. The monoisotopic (exact) mass is 398 g/mol. The molecular weight excluding hydrogens is 379 g/mol. The maximum Gasteiger partial charge on any atom is 0.206 e. The first kappa shape index (κ1) is 19.5. The molecule has 0 atom stereocenters. The average Bonchev–Trinajstić information content (AvgIpc) is 2.69. The average molecular weight is 398 g/mol. The van der Waals surface area contributed by atoms with Gasteiger partial charge in [-0.2, -0.15) is 0 Å². The lowest BCUT2D eigenvalue weighted by Crippen LogP contribution is -2.22. The lowest BCUT2D eigenvalue weighted by molar-refractivity contribution is 0.589. The van der Waals surface area contributed by atoms with Gasteiger partial charge >= 0.3 is 0 Å². The van der Waals surface area contributed by atoms with E-state index in [-0.39, 0.29) is 22.3 Å². The number of aryl methyl sites for hydroxylation is 1. The number of hydrogen-bond donors (Lipinski definition) is 2. The van der Waals surface area contributed by atoms with Crippen molar-refractivity contribution in [2.24, 2.45) is 10.7 Å². The number of benzene rings is 2. The van der Waals surface area contributed by atoms with Crippen LogP contribution in [0.2, 0.25) is 0 Å². The van der Waals surface area contributed by atoms with Crippen LogP contribution in [-0.4, -0.2) is 19.4 Å². The van der Waals surface area contributed by atoms with Gasteiger partial charge in [0.05, 0.1) is 16.3 Å². The zero-order valence-electron chi connectivity index (χ0n) is 15.1. The van der Waals surface area contributed by atoms with E-state index >= 15 is 0 Å². The van der Waals surface area contributed by atoms with E-state index in [0.717, 1.165) is 17.3 Å². The van der Waals surface area contributed by atoms with E-state index in [9.17, 15) is 12.8 Å². The molecular formula is C20H19FN4O2S. The molecule has 1 aromatic heterocycles. The fraction of sp³-hybridized carbons (Fsp3) is 0.100. The smallest absolute Gasteiger partial charge is 0.206 e. The summed E-state index contributed by atoms with van der Waals surface area (Å²) in [5.41, 5.74) is 7.79. The highest BCUT2D eigenvalue weighted by Crippen LogP contribution is 2.23. The fourth-order valence-electron chi connectivity index (χ4n) is 2.45. The van der Waals surface area contributed by atoms with Gasteiger partial charge in [-0.15, -0.1) is 0 Å². The summed E-state index contributed by atoms with van der Waals surface area (Å²) in [5.74, 6) is -0.317. The van der Waals surface area contributed by atoms with E-state index in [1.54, 1.807) is 43.6 Å². The van der Waals surface area contributed by atoms with Crippen LogP contribution in [0.4, 0.5) is 10.1 Å². The number of anilines is 1. The number of nitrogens with one attached hydrogen (secondary N) is 1. The summed E-state index contributed by atoms with van der Waals surface area (Å²) in [6.45, 7) is 1.86. The fourth-order valence-corrected chi connectivity index (χ4v) is 3.72. The molecule has 0 bridgehead atoms. The van der Waals surface area contributed by atoms with E-state index in [1.165, 1.54) is 24.3 Å². The first-order chi connectivity index (χ1) is 13.4. The van der Waals surface area contributed by atoms with Gasteiger partial charge in [0.25, 0.3) is 0 Å². The van der Waals surface area contributed by atoms with E-state index in [1.807, 2.05) is 0 Å². The van der Waals surface area contributed by atoms with Crippen molar-refractivity contribution in [1.82, 2.24) is 4.98 Å². The number of sulfone groups is 1. The van der Waals surface area contributed by atoms with Gasteiger partial charge in [-0.3, -0.25) is 4.98 Å². The number of halogens is 1. The molecule has 0 radical (unpaired) electrons. The summed E-state index contributed by atoms with van der Waals surface area (Å²) in [5, 5.41) is 2.94. The largest absolute Gasteiger partial charge is 0.370 e. The van der Waals surface area contributed by atoms with E-state index in [0.29, 0.717) is 5.56 Å². The van der Waals surface area contributed by atoms with Crippen molar-refractivity contribution in [1.29, 1.82) is 0 Å². The van der Waals surface area contributed by atoms with Gasteiger partial charge in [0.1, 0.15) is 5.82 Å². The first-order valence-corrected chi connectivity index (χ1v) is 9.92. The summed E-state index contributed by atoms with van der Waals surface area (Å²) < 4.78 is 39.0. The number of nitrogens with zero attached hydrogens (tertiary/aromatic N) is 2. The quantitative estimate of drug-likeness (QED) is 0.508. The number of guanidine groups is 1. The van der Waals surface area contributed by atoms with Crippen LogP contribution >= 0.6 is 0 Å². The highest BCUT2D eigenvalue weighted by atomic mass is 32.2. The number of rotatable bonds is 5. The Morgan fingerprint density at radius 2 is 1.71 bits per heavy atom. The highest BCUT2D eigenvalue weighted by molar-refractivity contribution is 7.91. The van der Waals surface area contributed by atoms with Crippen molar-refractivity contribution in [2.75, 3.05) is 5.32 Å². The molecule has 3 rings (SSSR count). The Morgan fingerprint density at radius 1 is 1.07 bits per heavy atom. The van der Waals surface area contributed by atoms with Crippen LogP contribution in [0.3, 0.4) is 0 Å². The van der Waals surface area contributed by atoms with Gasteiger partial charge in [-0.25, -0.2) is 17.8 Å². The molecule has 0 spiro atoms. The molecule has 0 aliphatic rings. The number of pyridine rings is 1. The predicted molar refractivity (Wildman–Crippen MR) is 106 cm³/mol. The summed E-state index contributed by atoms with van der Waals surface area (Å²) in [7, 11) is -3.79. The first-order valence-electron chi connectivity index (χ1n) is 8.43. The Labute approximate surface area is 162 Å². The third-order valence-electron chi connectivity index (χ3n) is 4.07. The van der Waals surface area contributed by atoms with Crippen molar-refractivity contribution in [3.8, 4) is 0 Å². The molecule has 0 saturated heterocycles. The molecule has 144 valence electrons. The van der Waals surface area contributed by atoms with Crippen molar-refractivity contribution in [3.05, 3.63) is 83.9 Å². The zero-order valence-corrected chi connectivity index (χ0v) is 15.9. The summed E-state index contributed by atoms with van der Waals surface area (Å²) in [6, 6.07) is 13.7. The molecule has 8 heteroatoms. The Balaban J connectivity index is 1.72. The number of aromatic nitrogens is 1. The topological polar surface area (TPSA) is 97.4 Å². The minimum Gasteiger partial charge on any atom is -0.370 e. The standard InChI is InChI=1S/C20H19FN4O2S/c1-14-2-5-18(12-19(14)21)28(26,27)17-6-3-15(4-7-17)13-24-20(22)25-16-8-10-23-11-9-16/h2-12H,13H2,1H3,(H3,22,23,24,25). The van der Waals surface area contributed by atoms with Gasteiger partial charge in [0, 0.05) is 18.1 Å². The Morgan fingerprint density at radius 3 is 2.36 bits per heavy atom. The molecule has 3 aromatic rings. The van der Waals surface area contributed by atoms with Crippen LogP contribution in [0.1, 0.15) is 11.1 Å². The molecule has 0 aliphatic carbocycles. The normalized spacial score (nSPS) is 12.0. The van der Waals surface area contributed by atoms with Crippen LogP contribution in [-0.2, 0) is 16.4 Å². The molecule has 1 heterocycles. The summed E-state index contributed by atoms with van der Waals surface area (Å²) >= 11 is 0. The molecule has 2 aromatic carbocycles.